The molecule has 0 saturated carbocycles. The number of piperidine rings is 1. The second-order valence-electron chi connectivity index (χ2n) is 10.4. The van der Waals surface area contributed by atoms with E-state index in [9.17, 15) is 13.2 Å². The number of carbonyl (C=O) groups is 1. The van der Waals surface area contributed by atoms with Gasteiger partial charge in [-0.3, -0.25) is 19.5 Å². The smallest absolute Gasteiger partial charge is 0.323 e. The zero-order chi connectivity index (χ0) is 31.5. The number of esters is 1. The number of nitrogens with zero attached hydrogens (tertiary/aromatic N) is 3. The summed E-state index contributed by atoms with van der Waals surface area (Å²) in [6.07, 6.45) is 7.76. The number of hydrogen-bond acceptors (Lipinski definition) is 8. The minimum Gasteiger partial charge on any atom is -0.489 e. The van der Waals surface area contributed by atoms with Gasteiger partial charge in [-0.2, -0.15) is 0 Å². The molecule has 234 valence electrons. The molecule has 10 nitrogen and oxygen atoms in total. The summed E-state index contributed by atoms with van der Waals surface area (Å²) in [4.78, 5) is 18.9. The fraction of sp³-hybridized carbons (Fsp3) is 0.344. The minimum absolute atomic E-state index is 0.0122. The van der Waals surface area contributed by atoms with Crippen LogP contribution in [0.5, 0.6) is 5.75 Å². The minimum atomic E-state index is -4.12. The highest BCUT2D eigenvalue weighted by molar-refractivity contribution is 7.93. The predicted molar refractivity (Wildman–Crippen MR) is 174 cm³/mol. The van der Waals surface area contributed by atoms with Gasteiger partial charge in [0, 0.05) is 43.5 Å². The third-order valence-electron chi connectivity index (χ3n) is 7.16. The maximum absolute atomic E-state index is 13.4. The van der Waals surface area contributed by atoms with Crippen molar-refractivity contribution in [3.8, 4) is 5.75 Å². The fourth-order valence-corrected chi connectivity index (χ4v) is 6.40. The zero-order valence-corrected chi connectivity index (χ0v) is 26.3. The highest BCUT2D eigenvalue weighted by Crippen LogP contribution is 2.33. The standard InChI is InChI=1S/C32H38ClN5O5S/c1-2-42-31(39)23-44(40,41)38(17-6-8-24-7-5-9-25(21-24)32(34)35)27-11-12-30(29(33)22-27)43-28-14-19-37(20-15-28)18-13-26-10-3-4-16-36-26/h3-12,16,21-22,28H,2,13-15,17-20,23H2,1H3,(H3,34,35). The molecule has 4 rings (SSSR count). The van der Waals surface area contributed by atoms with Crippen LogP contribution in [0.25, 0.3) is 6.08 Å². The van der Waals surface area contributed by atoms with Crippen molar-refractivity contribution in [2.45, 2.75) is 32.3 Å². The lowest BCUT2D eigenvalue weighted by Crippen LogP contribution is -2.39. The number of amidine groups is 1. The van der Waals surface area contributed by atoms with Gasteiger partial charge in [0.25, 0.3) is 0 Å². The second-order valence-corrected chi connectivity index (χ2v) is 12.7. The van der Waals surface area contributed by atoms with Crippen LogP contribution in [0.1, 0.15) is 36.6 Å². The molecule has 0 atom stereocenters. The maximum Gasteiger partial charge on any atom is 0.323 e. The Morgan fingerprint density at radius 3 is 2.64 bits per heavy atom. The van der Waals surface area contributed by atoms with Gasteiger partial charge in [-0.1, -0.05) is 48.0 Å². The number of ether oxygens (including phenoxy) is 2. The summed E-state index contributed by atoms with van der Waals surface area (Å²) < 4.78 is 39.0. The maximum atomic E-state index is 13.4. The molecule has 1 fully saturated rings. The van der Waals surface area contributed by atoms with Crippen LogP contribution in [-0.4, -0.2) is 74.7 Å². The van der Waals surface area contributed by atoms with Gasteiger partial charge in [0.15, 0.2) is 5.75 Å². The lowest BCUT2D eigenvalue weighted by Gasteiger charge is -2.32. The third kappa shape index (κ3) is 9.54. The molecule has 0 unspecified atom stereocenters. The summed E-state index contributed by atoms with van der Waals surface area (Å²) in [6, 6.07) is 17.8. The van der Waals surface area contributed by atoms with Gasteiger partial charge in [-0.25, -0.2) is 8.42 Å². The number of anilines is 1. The summed E-state index contributed by atoms with van der Waals surface area (Å²) >= 11 is 6.62. The van der Waals surface area contributed by atoms with Crippen molar-refractivity contribution in [2.24, 2.45) is 5.73 Å². The van der Waals surface area contributed by atoms with Crippen molar-refractivity contribution in [3.63, 3.8) is 0 Å². The largest absolute Gasteiger partial charge is 0.489 e. The molecular formula is C32H38ClN5O5S. The molecule has 44 heavy (non-hydrogen) atoms. The summed E-state index contributed by atoms with van der Waals surface area (Å²) in [5.74, 6) is -1.25. The molecule has 0 aliphatic carbocycles. The molecule has 0 spiro atoms. The molecule has 3 N–H and O–H groups in total. The lowest BCUT2D eigenvalue weighted by molar-refractivity contribution is -0.139. The molecule has 1 aliphatic rings. The van der Waals surface area contributed by atoms with Crippen molar-refractivity contribution in [1.29, 1.82) is 5.41 Å². The van der Waals surface area contributed by atoms with E-state index in [2.05, 4.69) is 9.88 Å². The monoisotopic (exact) mass is 639 g/mol. The molecule has 1 aliphatic heterocycles. The molecule has 2 heterocycles. The number of rotatable bonds is 14. The second kappa shape index (κ2) is 15.7. The van der Waals surface area contributed by atoms with E-state index >= 15 is 0 Å². The van der Waals surface area contributed by atoms with Gasteiger partial charge in [-0.15, -0.1) is 0 Å². The summed E-state index contributed by atoms with van der Waals surface area (Å²) in [5, 5.41) is 7.91. The van der Waals surface area contributed by atoms with Crippen LogP contribution in [0.2, 0.25) is 5.02 Å². The quantitative estimate of drug-likeness (QED) is 0.149. The van der Waals surface area contributed by atoms with E-state index in [0.717, 1.165) is 54.5 Å². The first-order valence-corrected chi connectivity index (χ1v) is 16.5. The van der Waals surface area contributed by atoms with Gasteiger partial charge >= 0.3 is 5.97 Å². The topological polar surface area (TPSA) is 139 Å². The fourth-order valence-electron chi connectivity index (χ4n) is 4.89. The molecule has 1 aromatic heterocycles. The number of likely N-dealkylation sites (tertiary alicyclic amines) is 1. The van der Waals surface area contributed by atoms with E-state index in [-0.39, 0.29) is 35.8 Å². The molecular weight excluding hydrogens is 602 g/mol. The van der Waals surface area contributed by atoms with Gasteiger partial charge in [0.2, 0.25) is 10.0 Å². The van der Waals surface area contributed by atoms with Crippen molar-refractivity contribution >= 4 is 45.2 Å². The van der Waals surface area contributed by atoms with E-state index in [1.54, 1.807) is 49.4 Å². The molecule has 12 heteroatoms. The highest BCUT2D eigenvalue weighted by atomic mass is 35.5. The Bertz CT molecular complexity index is 1560. The molecule has 0 bridgehead atoms. The SMILES string of the molecule is CCOC(=O)CS(=O)(=O)N(CC=Cc1cccc(C(=N)N)c1)c1ccc(OC2CCN(CCc3ccccn3)CC2)c(Cl)c1. The van der Waals surface area contributed by atoms with Gasteiger partial charge in [0.1, 0.15) is 17.7 Å². The predicted octanol–water partition coefficient (Wildman–Crippen LogP) is 4.52. The van der Waals surface area contributed by atoms with E-state index in [4.69, 9.17) is 32.2 Å². The molecule has 3 aromatic rings. The van der Waals surface area contributed by atoms with Gasteiger partial charge < -0.3 is 20.1 Å². The molecule has 2 aromatic carbocycles. The Morgan fingerprint density at radius 1 is 1.16 bits per heavy atom. The van der Waals surface area contributed by atoms with Crippen LogP contribution < -0.4 is 14.8 Å². The number of nitrogen functional groups attached to an aromatic ring is 1. The van der Waals surface area contributed by atoms with E-state index in [1.807, 2.05) is 30.5 Å². The van der Waals surface area contributed by atoms with Crippen LogP contribution in [0.3, 0.4) is 0 Å². The summed E-state index contributed by atoms with van der Waals surface area (Å²) in [7, 11) is -4.12. The number of nitrogens with two attached hydrogens (primary N) is 1. The Labute approximate surface area is 264 Å². The first kappa shape index (κ1) is 33.0. The first-order chi connectivity index (χ1) is 21.1. The highest BCUT2D eigenvalue weighted by Gasteiger charge is 2.27. The number of aromatic nitrogens is 1. The summed E-state index contributed by atoms with van der Waals surface area (Å²) in [6.45, 7) is 4.35. The average molecular weight is 640 g/mol. The third-order valence-corrected chi connectivity index (χ3v) is 9.09. The average Bonchev–Trinajstić information content (AvgIpc) is 3.00. The Morgan fingerprint density at radius 2 is 1.95 bits per heavy atom. The zero-order valence-electron chi connectivity index (χ0n) is 24.7. The molecule has 1 saturated heterocycles. The summed E-state index contributed by atoms with van der Waals surface area (Å²) in [5.41, 5.74) is 8.25. The van der Waals surface area contributed by atoms with Crippen molar-refractivity contribution < 1.29 is 22.7 Å². The van der Waals surface area contributed by atoms with E-state index < -0.39 is 21.7 Å². The van der Waals surface area contributed by atoms with Crippen molar-refractivity contribution in [2.75, 3.05) is 42.8 Å². The van der Waals surface area contributed by atoms with Crippen LogP contribution >= 0.6 is 11.6 Å². The van der Waals surface area contributed by atoms with Crippen LogP contribution in [0.4, 0.5) is 5.69 Å². The van der Waals surface area contributed by atoms with E-state index in [0.29, 0.717) is 11.3 Å². The van der Waals surface area contributed by atoms with E-state index in [1.165, 1.54) is 6.07 Å². The number of carbonyl (C=O) groups excluding carboxylic acids is 1. The molecule has 0 amide bonds. The Kier molecular flexibility index (Phi) is 11.8. The number of pyridine rings is 1. The van der Waals surface area contributed by atoms with Gasteiger partial charge in [-0.05, 0) is 61.7 Å². The number of halogens is 1. The van der Waals surface area contributed by atoms with Crippen LogP contribution in [-0.2, 0) is 26.0 Å². The number of benzene rings is 2. The van der Waals surface area contributed by atoms with Gasteiger partial charge in [0.05, 0.1) is 23.9 Å². The van der Waals surface area contributed by atoms with Crippen LogP contribution in [0, 0.1) is 5.41 Å². The lowest BCUT2D eigenvalue weighted by atomic mass is 10.1. The Hall–Kier alpha value is -3.93. The normalized spacial score (nSPS) is 14.4. The van der Waals surface area contributed by atoms with Crippen molar-refractivity contribution in [3.05, 3.63) is 94.8 Å². The Balaban J connectivity index is 1.43. The van der Waals surface area contributed by atoms with Crippen molar-refractivity contribution in [1.82, 2.24) is 9.88 Å². The molecule has 0 radical (unpaired) electrons. The number of sulfonamides is 1. The number of hydrogen-bond donors (Lipinski definition) is 2. The first-order valence-electron chi connectivity index (χ1n) is 14.5. The number of nitrogens with one attached hydrogen (secondary N) is 1. The van der Waals surface area contributed by atoms with Crippen LogP contribution in [0.15, 0.2) is 72.9 Å².